The molecule has 0 spiro atoms. The van der Waals surface area contributed by atoms with Crippen molar-refractivity contribution in [1.29, 1.82) is 0 Å². The fourth-order valence-corrected chi connectivity index (χ4v) is 2.64. The van der Waals surface area contributed by atoms with Gasteiger partial charge in [-0.1, -0.05) is 27.7 Å². The van der Waals surface area contributed by atoms with E-state index in [2.05, 4.69) is 21.0 Å². The van der Waals surface area contributed by atoms with E-state index in [1.54, 1.807) is 0 Å². The van der Waals surface area contributed by atoms with Crippen molar-refractivity contribution in [1.82, 2.24) is 9.78 Å². The molecule has 0 aromatic carbocycles. The molecule has 0 amide bonds. The monoisotopic (exact) mass is 330 g/mol. The molecule has 0 saturated carbocycles. The highest BCUT2D eigenvalue weighted by Gasteiger charge is 2.30. The summed E-state index contributed by atoms with van der Waals surface area (Å²) in [6.45, 7) is 10.3. The zero-order chi connectivity index (χ0) is 14.8. The Morgan fingerprint density at radius 1 is 1.42 bits per heavy atom. The van der Waals surface area contributed by atoms with Crippen LogP contribution in [-0.2, 0) is 24.2 Å². The van der Waals surface area contributed by atoms with E-state index in [0.29, 0.717) is 6.54 Å². The molecule has 1 aromatic rings. The maximum atomic E-state index is 12.2. The summed E-state index contributed by atoms with van der Waals surface area (Å²) in [7, 11) is 0. The lowest BCUT2D eigenvalue weighted by Crippen LogP contribution is -2.35. The van der Waals surface area contributed by atoms with Gasteiger partial charge >= 0.3 is 0 Å². The Morgan fingerprint density at radius 3 is 2.42 bits per heavy atom. The van der Waals surface area contributed by atoms with Crippen LogP contribution in [0, 0.1) is 5.41 Å². The van der Waals surface area contributed by atoms with Crippen LogP contribution in [0.4, 0.5) is 0 Å². The Bertz CT molecular complexity index is 461. The van der Waals surface area contributed by atoms with Gasteiger partial charge in [0, 0.05) is 6.54 Å². The third kappa shape index (κ3) is 3.66. The van der Waals surface area contributed by atoms with E-state index < -0.39 is 11.5 Å². The van der Waals surface area contributed by atoms with Gasteiger partial charge in [0.2, 0.25) is 0 Å². The number of rotatable bonds is 5. The van der Waals surface area contributed by atoms with Gasteiger partial charge in [0.1, 0.15) is 6.10 Å². The SMILES string of the molecule is CCc1nn(CC)c(CC(=O)C(O)C(C)(C)C)c1Br. The third-order valence-corrected chi connectivity index (χ3v) is 4.08. The molecule has 4 nitrogen and oxygen atoms in total. The Labute approximate surface area is 123 Å². The summed E-state index contributed by atoms with van der Waals surface area (Å²) >= 11 is 3.51. The number of hydrogen-bond acceptors (Lipinski definition) is 3. The van der Waals surface area contributed by atoms with Crippen LogP contribution in [0.15, 0.2) is 4.47 Å². The largest absolute Gasteiger partial charge is 0.385 e. The van der Waals surface area contributed by atoms with Crippen LogP contribution < -0.4 is 0 Å². The van der Waals surface area contributed by atoms with Crippen molar-refractivity contribution in [2.24, 2.45) is 5.41 Å². The fourth-order valence-electron chi connectivity index (χ4n) is 1.93. The summed E-state index contributed by atoms with van der Waals surface area (Å²) in [5.74, 6) is -0.162. The van der Waals surface area contributed by atoms with Crippen LogP contribution >= 0.6 is 15.9 Å². The molecule has 0 aliphatic rings. The second-order valence-corrected chi connectivity index (χ2v) is 6.58. The second-order valence-electron chi connectivity index (χ2n) is 5.79. The molecular formula is C14H23BrN2O2. The molecule has 0 radical (unpaired) electrons. The van der Waals surface area contributed by atoms with E-state index in [0.717, 1.165) is 22.3 Å². The zero-order valence-electron chi connectivity index (χ0n) is 12.3. The van der Waals surface area contributed by atoms with Crippen LogP contribution in [0.25, 0.3) is 0 Å². The van der Waals surface area contributed by atoms with Crippen molar-refractivity contribution in [3.8, 4) is 0 Å². The lowest BCUT2D eigenvalue weighted by molar-refractivity contribution is -0.131. The summed E-state index contributed by atoms with van der Waals surface area (Å²) in [4.78, 5) is 12.2. The normalized spacial score (nSPS) is 13.6. The highest BCUT2D eigenvalue weighted by molar-refractivity contribution is 9.10. The highest BCUT2D eigenvalue weighted by atomic mass is 79.9. The average molecular weight is 331 g/mol. The predicted octanol–water partition coefficient (Wildman–Crippen LogP) is 2.75. The van der Waals surface area contributed by atoms with Gasteiger partial charge in [0.25, 0.3) is 0 Å². The average Bonchev–Trinajstić information content (AvgIpc) is 2.64. The summed E-state index contributed by atoms with van der Waals surface area (Å²) in [6.07, 6.45) is 0.0703. The molecule has 0 bridgehead atoms. The minimum Gasteiger partial charge on any atom is -0.385 e. The molecule has 108 valence electrons. The van der Waals surface area contributed by atoms with Gasteiger partial charge in [-0.3, -0.25) is 9.48 Å². The van der Waals surface area contributed by atoms with E-state index in [9.17, 15) is 9.90 Å². The Kier molecular flexibility index (Phi) is 5.33. The summed E-state index contributed by atoms with van der Waals surface area (Å²) in [5, 5.41) is 14.5. The van der Waals surface area contributed by atoms with Crippen LogP contribution in [0.1, 0.15) is 46.0 Å². The maximum Gasteiger partial charge on any atom is 0.167 e. The van der Waals surface area contributed by atoms with Crippen molar-refractivity contribution in [3.63, 3.8) is 0 Å². The van der Waals surface area contributed by atoms with Crippen LogP contribution in [0.3, 0.4) is 0 Å². The van der Waals surface area contributed by atoms with E-state index in [1.165, 1.54) is 0 Å². The number of Topliss-reactive ketones (excluding diaryl/α,β-unsaturated/α-hetero) is 1. The smallest absolute Gasteiger partial charge is 0.167 e. The van der Waals surface area contributed by atoms with Gasteiger partial charge in [-0.25, -0.2) is 0 Å². The molecule has 1 rings (SSSR count). The minimum absolute atomic E-state index is 0.162. The van der Waals surface area contributed by atoms with E-state index in [1.807, 2.05) is 39.3 Å². The molecule has 1 unspecified atom stereocenters. The number of carbonyl (C=O) groups is 1. The van der Waals surface area contributed by atoms with Gasteiger partial charge in [-0.2, -0.15) is 5.10 Å². The molecular weight excluding hydrogens is 308 g/mol. The van der Waals surface area contributed by atoms with E-state index in [4.69, 9.17) is 0 Å². The molecule has 1 heterocycles. The number of aryl methyl sites for hydroxylation is 2. The topological polar surface area (TPSA) is 55.1 Å². The highest BCUT2D eigenvalue weighted by Crippen LogP contribution is 2.26. The molecule has 0 saturated heterocycles. The van der Waals surface area contributed by atoms with Gasteiger partial charge in [0.05, 0.1) is 22.3 Å². The molecule has 0 aliphatic heterocycles. The van der Waals surface area contributed by atoms with Crippen molar-refractivity contribution in [3.05, 3.63) is 15.9 Å². The summed E-state index contributed by atoms with van der Waals surface area (Å²) in [6, 6.07) is 0. The second kappa shape index (κ2) is 6.18. The summed E-state index contributed by atoms with van der Waals surface area (Å²) < 4.78 is 2.72. The first-order chi connectivity index (χ1) is 8.72. The molecule has 1 atom stereocenters. The lowest BCUT2D eigenvalue weighted by atomic mass is 9.85. The quantitative estimate of drug-likeness (QED) is 0.903. The van der Waals surface area contributed by atoms with Crippen LogP contribution in [0.5, 0.6) is 0 Å². The van der Waals surface area contributed by atoms with Crippen molar-refractivity contribution in [2.75, 3.05) is 0 Å². The first kappa shape index (κ1) is 16.4. The number of halogens is 1. The number of hydrogen-bond donors (Lipinski definition) is 1. The molecule has 19 heavy (non-hydrogen) atoms. The molecule has 5 heteroatoms. The summed E-state index contributed by atoms with van der Waals surface area (Å²) in [5.41, 5.74) is 1.37. The van der Waals surface area contributed by atoms with Gasteiger partial charge in [-0.15, -0.1) is 0 Å². The maximum absolute atomic E-state index is 12.2. The lowest BCUT2D eigenvalue weighted by Gasteiger charge is -2.24. The molecule has 0 fully saturated rings. The Balaban J connectivity index is 2.99. The fraction of sp³-hybridized carbons (Fsp3) is 0.714. The van der Waals surface area contributed by atoms with Gasteiger partial charge in [0.15, 0.2) is 5.78 Å². The predicted molar refractivity (Wildman–Crippen MR) is 79.2 cm³/mol. The van der Waals surface area contributed by atoms with Gasteiger partial charge < -0.3 is 5.11 Å². The Hall–Kier alpha value is -0.680. The minimum atomic E-state index is -0.954. The van der Waals surface area contributed by atoms with Crippen LogP contribution in [-0.4, -0.2) is 26.8 Å². The van der Waals surface area contributed by atoms with Gasteiger partial charge in [-0.05, 0) is 34.7 Å². The number of aliphatic hydroxyl groups is 1. The van der Waals surface area contributed by atoms with Crippen molar-refractivity contribution >= 4 is 21.7 Å². The first-order valence-corrected chi connectivity index (χ1v) is 7.46. The molecule has 1 N–H and O–H groups in total. The zero-order valence-corrected chi connectivity index (χ0v) is 13.9. The van der Waals surface area contributed by atoms with E-state index in [-0.39, 0.29) is 12.2 Å². The number of carbonyl (C=O) groups excluding carboxylic acids is 1. The number of aliphatic hydroxyl groups excluding tert-OH is 1. The third-order valence-electron chi connectivity index (χ3n) is 3.16. The van der Waals surface area contributed by atoms with Crippen molar-refractivity contribution in [2.45, 2.75) is 60.1 Å². The molecule has 1 aromatic heterocycles. The number of nitrogens with zero attached hydrogens (tertiary/aromatic N) is 2. The number of aromatic nitrogens is 2. The standard InChI is InChI=1S/C14H23BrN2O2/c1-6-9-12(15)10(17(7-2)16-9)8-11(18)13(19)14(3,4)5/h13,19H,6-8H2,1-5H3. The first-order valence-electron chi connectivity index (χ1n) is 6.67. The molecule has 0 aliphatic carbocycles. The van der Waals surface area contributed by atoms with E-state index >= 15 is 0 Å². The Morgan fingerprint density at radius 2 is 2.00 bits per heavy atom. The number of ketones is 1. The van der Waals surface area contributed by atoms with Crippen LogP contribution in [0.2, 0.25) is 0 Å². The van der Waals surface area contributed by atoms with Crippen molar-refractivity contribution < 1.29 is 9.90 Å².